The molecule has 0 aliphatic rings. The molecule has 0 atom stereocenters. The van der Waals surface area contributed by atoms with Crippen molar-refractivity contribution in [2.75, 3.05) is 7.11 Å². The SMILES string of the molecule is COC(=O)c1ccoc1COc1ccc(C(=O)c2ccccc2)cc1. The molecule has 126 valence electrons. The number of ketones is 1. The van der Waals surface area contributed by atoms with E-state index in [9.17, 15) is 9.59 Å². The number of ether oxygens (including phenoxy) is 2. The van der Waals surface area contributed by atoms with Crippen LogP contribution in [0.25, 0.3) is 0 Å². The highest BCUT2D eigenvalue weighted by molar-refractivity contribution is 6.08. The standard InChI is InChI=1S/C20H16O5/c1-23-20(22)17-11-12-24-18(17)13-25-16-9-7-15(8-10-16)19(21)14-5-3-2-4-6-14/h2-12H,13H2,1H3. The van der Waals surface area contributed by atoms with E-state index in [1.807, 2.05) is 18.2 Å². The molecule has 0 spiro atoms. The van der Waals surface area contributed by atoms with E-state index in [1.54, 1.807) is 36.4 Å². The van der Waals surface area contributed by atoms with Gasteiger partial charge >= 0.3 is 5.97 Å². The Kier molecular flexibility index (Phi) is 4.95. The van der Waals surface area contributed by atoms with Gasteiger partial charge < -0.3 is 13.9 Å². The first-order chi connectivity index (χ1) is 12.2. The molecule has 3 aromatic rings. The highest BCUT2D eigenvalue weighted by atomic mass is 16.5. The lowest BCUT2D eigenvalue weighted by Gasteiger charge is -2.07. The predicted octanol–water partition coefficient (Wildman–Crippen LogP) is 3.88. The molecule has 1 aromatic heterocycles. The van der Waals surface area contributed by atoms with Crippen molar-refractivity contribution in [1.29, 1.82) is 0 Å². The molecule has 0 fully saturated rings. The lowest BCUT2D eigenvalue weighted by molar-refractivity contribution is 0.0595. The summed E-state index contributed by atoms with van der Waals surface area (Å²) in [5, 5.41) is 0. The molecule has 0 aliphatic heterocycles. The van der Waals surface area contributed by atoms with E-state index in [4.69, 9.17) is 9.15 Å². The quantitative estimate of drug-likeness (QED) is 0.505. The summed E-state index contributed by atoms with van der Waals surface area (Å²) < 4.78 is 15.5. The first kappa shape index (κ1) is 16.5. The molecule has 0 unspecified atom stereocenters. The summed E-state index contributed by atoms with van der Waals surface area (Å²) in [7, 11) is 1.31. The monoisotopic (exact) mass is 336 g/mol. The van der Waals surface area contributed by atoms with Crippen molar-refractivity contribution >= 4 is 11.8 Å². The van der Waals surface area contributed by atoms with Gasteiger partial charge in [0.05, 0.1) is 13.4 Å². The third-order valence-corrected chi connectivity index (χ3v) is 3.67. The number of furan rings is 1. The zero-order chi connectivity index (χ0) is 17.6. The summed E-state index contributed by atoms with van der Waals surface area (Å²) in [6, 6.07) is 17.4. The van der Waals surface area contributed by atoms with Crippen LogP contribution in [-0.2, 0) is 11.3 Å². The average molecular weight is 336 g/mol. The minimum absolute atomic E-state index is 0.0498. The topological polar surface area (TPSA) is 65.7 Å². The van der Waals surface area contributed by atoms with Gasteiger partial charge in [-0.25, -0.2) is 4.79 Å². The zero-order valence-electron chi connectivity index (χ0n) is 13.6. The molecule has 0 N–H and O–H groups in total. The van der Waals surface area contributed by atoms with Gasteiger partial charge in [-0.3, -0.25) is 4.79 Å². The van der Waals surface area contributed by atoms with Gasteiger partial charge in [-0.1, -0.05) is 30.3 Å². The van der Waals surface area contributed by atoms with Crippen LogP contribution in [0.2, 0.25) is 0 Å². The molecule has 2 aromatic carbocycles. The minimum Gasteiger partial charge on any atom is -0.486 e. The summed E-state index contributed by atoms with van der Waals surface area (Å²) in [6.07, 6.45) is 1.41. The van der Waals surface area contributed by atoms with Gasteiger partial charge in [-0.2, -0.15) is 0 Å². The molecule has 5 heteroatoms. The molecule has 25 heavy (non-hydrogen) atoms. The van der Waals surface area contributed by atoms with Gasteiger partial charge in [-0.05, 0) is 30.3 Å². The maximum absolute atomic E-state index is 12.3. The third-order valence-electron chi connectivity index (χ3n) is 3.67. The number of esters is 1. The van der Waals surface area contributed by atoms with Gasteiger partial charge in [0.25, 0.3) is 0 Å². The summed E-state index contributed by atoms with van der Waals surface area (Å²) >= 11 is 0. The van der Waals surface area contributed by atoms with Crippen molar-refractivity contribution in [2.45, 2.75) is 6.61 Å². The maximum atomic E-state index is 12.3. The Bertz CT molecular complexity index is 863. The van der Waals surface area contributed by atoms with Gasteiger partial charge in [0.15, 0.2) is 11.5 Å². The molecule has 0 saturated heterocycles. The van der Waals surface area contributed by atoms with Crippen molar-refractivity contribution in [3.8, 4) is 5.75 Å². The van der Waals surface area contributed by atoms with Crippen molar-refractivity contribution in [1.82, 2.24) is 0 Å². The van der Waals surface area contributed by atoms with Crippen LogP contribution in [0.4, 0.5) is 0 Å². The van der Waals surface area contributed by atoms with Gasteiger partial charge in [0.1, 0.15) is 17.9 Å². The van der Waals surface area contributed by atoms with E-state index in [0.717, 1.165) is 0 Å². The van der Waals surface area contributed by atoms with E-state index in [1.165, 1.54) is 19.4 Å². The Hall–Kier alpha value is -3.34. The first-order valence-electron chi connectivity index (χ1n) is 7.66. The number of carbonyl (C=O) groups is 2. The van der Waals surface area contributed by atoms with Crippen LogP contribution in [0, 0.1) is 0 Å². The summed E-state index contributed by atoms with van der Waals surface area (Å²) in [6.45, 7) is 0.0867. The number of rotatable bonds is 6. The molecule has 0 aliphatic carbocycles. The van der Waals surface area contributed by atoms with Crippen LogP contribution >= 0.6 is 0 Å². The highest BCUT2D eigenvalue weighted by Crippen LogP contribution is 2.19. The van der Waals surface area contributed by atoms with Crippen LogP contribution in [0.3, 0.4) is 0 Å². The Morgan fingerprint density at radius 2 is 1.60 bits per heavy atom. The smallest absolute Gasteiger partial charge is 0.341 e. The molecule has 0 saturated carbocycles. The largest absolute Gasteiger partial charge is 0.486 e. The Morgan fingerprint density at radius 3 is 2.28 bits per heavy atom. The molecule has 3 rings (SSSR count). The van der Waals surface area contributed by atoms with E-state index in [2.05, 4.69) is 4.74 Å². The van der Waals surface area contributed by atoms with Crippen LogP contribution in [0.15, 0.2) is 71.3 Å². The molecule has 0 bridgehead atoms. The first-order valence-corrected chi connectivity index (χ1v) is 7.66. The molecular weight excluding hydrogens is 320 g/mol. The second-order valence-electron chi connectivity index (χ2n) is 5.26. The molecule has 0 amide bonds. The van der Waals surface area contributed by atoms with Crippen LogP contribution in [-0.4, -0.2) is 18.9 Å². The lowest BCUT2D eigenvalue weighted by atomic mass is 10.0. The van der Waals surface area contributed by atoms with Crippen LogP contribution in [0.1, 0.15) is 32.0 Å². The number of methoxy groups -OCH3 is 1. The summed E-state index contributed by atoms with van der Waals surface area (Å²) in [4.78, 5) is 23.9. The van der Waals surface area contributed by atoms with Crippen molar-refractivity contribution in [3.63, 3.8) is 0 Å². The average Bonchev–Trinajstić information content (AvgIpc) is 3.15. The van der Waals surface area contributed by atoms with Gasteiger partial charge in [-0.15, -0.1) is 0 Å². The summed E-state index contributed by atoms with van der Waals surface area (Å²) in [5.41, 5.74) is 1.54. The Balaban J connectivity index is 1.67. The second-order valence-corrected chi connectivity index (χ2v) is 5.26. The van der Waals surface area contributed by atoms with Crippen molar-refractivity contribution in [3.05, 3.63) is 89.4 Å². The van der Waals surface area contributed by atoms with Gasteiger partial charge in [0, 0.05) is 11.1 Å². The fraction of sp³-hybridized carbons (Fsp3) is 0.100. The highest BCUT2D eigenvalue weighted by Gasteiger charge is 2.15. The minimum atomic E-state index is -0.476. The Morgan fingerprint density at radius 1 is 0.920 bits per heavy atom. The van der Waals surface area contributed by atoms with E-state index in [-0.39, 0.29) is 12.4 Å². The number of carbonyl (C=O) groups excluding carboxylic acids is 2. The van der Waals surface area contributed by atoms with E-state index >= 15 is 0 Å². The lowest BCUT2D eigenvalue weighted by Crippen LogP contribution is -2.05. The predicted molar refractivity (Wildman–Crippen MR) is 90.7 cm³/mol. The number of hydrogen-bond acceptors (Lipinski definition) is 5. The fourth-order valence-electron chi connectivity index (χ4n) is 2.35. The van der Waals surface area contributed by atoms with Crippen LogP contribution in [0.5, 0.6) is 5.75 Å². The van der Waals surface area contributed by atoms with E-state index in [0.29, 0.717) is 28.2 Å². The molecule has 0 radical (unpaired) electrons. The van der Waals surface area contributed by atoms with Gasteiger partial charge in [0.2, 0.25) is 0 Å². The normalized spacial score (nSPS) is 10.3. The van der Waals surface area contributed by atoms with Crippen molar-refractivity contribution < 1.29 is 23.5 Å². The zero-order valence-corrected chi connectivity index (χ0v) is 13.6. The molecule has 1 heterocycles. The molecular formula is C20H16O5. The maximum Gasteiger partial charge on any atom is 0.341 e. The number of benzene rings is 2. The summed E-state index contributed by atoms with van der Waals surface area (Å²) in [5.74, 6) is 0.426. The fourth-order valence-corrected chi connectivity index (χ4v) is 2.35. The van der Waals surface area contributed by atoms with Crippen molar-refractivity contribution in [2.24, 2.45) is 0 Å². The molecule has 5 nitrogen and oxygen atoms in total. The van der Waals surface area contributed by atoms with Crippen LogP contribution < -0.4 is 4.74 Å². The Labute approximate surface area is 144 Å². The number of hydrogen-bond donors (Lipinski definition) is 0. The second kappa shape index (κ2) is 7.49. The third kappa shape index (κ3) is 3.77. The van der Waals surface area contributed by atoms with E-state index < -0.39 is 5.97 Å².